The van der Waals surface area contributed by atoms with Gasteiger partial charge in [0.25, 0.3) is 6.71 Å². The first kappa shape index (κ1) is 20.3. The zero-order valence-corrected chi connectivity index (χ0v) is 19.9. The summed E-state index contributed by atoms with van der Waals surface area (Å²) in [6.45, 7) is 0.741. The number of hydrogen-bond acceptors (Lipinski definition) is 5. The first-order valence-electron chi connectivity index (χ1n) is 12.3. The Kier molecular flexibility index (Phi) is 4.28. The minimum Gasteiger partial charge on any atom is -0.458 e. The lowest BCUT2D eigenvalue weighted by Gasteiger charge is -2.33. The molecule has 0 atom stereocenters. The summed E-state index contributed by atoms with van der Waals surface area (Å²) in [7, 11) is 0. The molecule has 3 aliphatic heterocycles. The predicted molar refractivity (Wildman–Crippen MR) is 147 cm³/mol. The van der Waals surface area contributed by atoms with Gasteiger partial charge in [-0.3, -0.25) is 0 Å². The smallest absolute Gasteiger partial charge is 0.260 e. The van der Waals surface area contributed by atoms with Crippen LogP contribution in [0, 0.1) is 0 Å². The molecule has 0 aliphatic carbocycles. The highest BCUT2D eigenvalue weighted by atomic mass is 16.5. The van der Waals surface area contributed by atoms with Crippen LogP contribution >= 0.6 is 0 Å². The van der Waals surface area contributed by atoms with Crippen molar-refractivity contribution in [2.24, 2.45) is 0 Å². The van der Waals surface area contributed by atoms with Gasteiger partial charge in [0.15, 0.2) is 0 Å². The molecule has 0 amide bonds. The summed E-state index contributed by atoms with van der Waals surface area (Å²) in [5.74, 6) is 3.42. The number of anilines is 2. The van der Waals surface area contributed by atoms with Gasteiger partial charge in [-0.25, -0.2) is 4.68 Å². The molecule has 4 heterocycles. The van der Waals surface area contributed by atoms with Crippen LogP contribution < -0.4 is 35.7 Å². The Morgan fingerprint density at radius 1 is 0.622 bits per heavy atom. The Labute approximate surface area is 214 Å². The molecule has 4 aromatic carbocycles. The van der Waals surface area contributed by atoms with Gasteiger partial charge in [-0.15, -0.1) is 0 Å². The van der Waals surface area contributed by atoms with Gasteiger partial charge in [0, 0.05) is 41.6 Å². The Morgan fingerprint density at radius 2 is 1.30 bits per heavy atom. The van der Waals surface area contributed by atoms with Crippen LogP contribution in [0.5, 0.6) is 23.0 Å². The van der Waals surface area contributed by atoms with E-state index in [-0.39, 0.29) is 6.71 Å². The van der Waals surface area contributed by atoms with E-state index < -0.39 is 0 Å². The second-order valence-corrected chi connectivity index (χ2v) is 9.41. The van der Waals surface area contributed by atoms with Crippen LogP contribution in [0.1, 0.15) is 0 Å². The topological polar surface area (TPSA) is 42.8 Å². The maximum atomic E-state index is 6.41. The van der Waals surface area contributed by atoms with E-state index >= 15 is 0 Å². The molecule has 7 heteroatoms. The summed E-state index contributed by atoms with van der Waals surface area (Å²) in [6.07, 6.45) is 8.00. The van der Waals surface area contributed by atoms with Gasteiger partial charge in [-0.05, 0) is 77.7 Å². The third-order valence-electron chi connectivity index (χ3n) is 7.28. The van der Waals surface area contributed by atoms with Crippen molar-refractivity contribution in [3.8, 4) is 28.7 Å². The maximum Gasteiger partial charge on any atom is 0.260 e. The molecule has 1 aromatic heterocycles. The van der Waals surface area contributed by atoms with Crippen LogP contribution in [-0.4, -0.2) is 23.2 Å². The van der Waals surface area contributed by atoms with Gasteiger partial charge in [-0.1, -0.05) is 24.3 Å². The molecule has 0 bridgehead atoms. The standard InChI is InChI=1S/C30H21BN4O2/c1-2-6-21(7-3-1)33-16-17-34(20-33)22-10-12-26-24(18-22)31-25-19-23(35-15-5-14-32-35)11-13-27(25)37-29-9-4-8-28(36-26)30(29)31/h1-19H,20H2. The molecule has 0 unspecified atom stereocenters. The number of ether oxygens (including phenoxy) is 2. The lowest BCUT2D eigenvalue weighted by molar-refractivity contribution is 0.464. The zero-order valence-electron chi connectivity index (χ0n) is 19.9. The van der Waals surface area contributed by atoms with E-state index in [2.05, 4.69) is 75.8 Å². The monoisotopic (exact) mass is 480 g/mol. The number of para-hydroxylation sites is 1. The molecule has 0 fully saturated rings. The quantitative estimate of drug-likeness (QED) is 0.352. The number of rotatable bonds is 3. The van der Waals surface area contributed by atoms with Gasteiger partial charge in [-0.2, -0.15) is 5.10 Å². The predicted octanol–water partition coefficient (Wildman–Crippen LogP) is 4.36. The van der Waals surface area contributed by atoms with Gasteiger partial charge >= 0.3 is 0 Å². The van der Waals surface area contributed by atoms with E-state index in [4.69, 9.17) is 9.47 Å². The highest BCUT2D eigenvalue weighted by Gasteiger charge is 2.40. The molecule has 176 valence electrons. The van der Waals surface area contributed by atoms with Crippen LogP contribution in [0.4, 0.5) is 11.4 Å². The molecule has 0 spiro atoms. The fourth-order valence-electron chi connectivity index (χ4n) is 5.53. The van der Waals surface area contributed by atoms with Crippen LogP contribution in [0.25, 0.3) is 5.69 Å². The first-order chi connectivity index (χ1) is 18.3. The van der Waals surface area contributed by atoms with Crippen molar-refractivity contribution in [2.45, 2.75) is 0 Å². The minimum atomic E-state index is -0.00836. The van der Waals surface area contributed by atoms with Gasteiger partial charge in [0.1, 0.15) is 23.0 Å². The SMILES string of the molecule is C1=CN(c2ccc3c(c2)B2c4cc(-n5cccn5)ccc4Oc4cccc(c42)O3)CN1c1ccccc1. The second kappa shape index (κ2) is 7.80. The average molecular weight is 480 g/mol. The van der Waals surface area contributed by atoms with Gasteiger partial charge in [0.2, 0.25) is 0 Å². The van der Waals surface area contributed by atoms with Crippen LogP contribution in [-0.2, 0) is 0 Å². The van der Waals surface area contributed by atoms with Crippen molar-refractivity contribution in [3.63, 3.8) is 0 Å². The molecule has 0 saturated heterocycles. The minimum absolute atomic E-state index is 0.00836. The van der Waals surface area contributed by atoms with E-state index in [1.807, 2.05) is 53.3 Å². The summed E-state index contributed by atoms with van der Waals surface area (Å²) in [6, 6.07) is 31.1. The third kappa shape index (κ3) is 3.17. The number of benzene rings is 4. The number of hydrogen-bond donors (Lipinski definition) is 0. The van der Waals surface area contributed by atoms with E-state index in [0.717, 1.165) is 57.4 Å². The zero-order chi connectivity index (χ0) is 24.3. The van der Waals surface area contributed by atoms with Crippen molar-refractivity contribution in [1.29, 1.82) is 0 Å². The van der Waals surface area contributed by atoms with E-state index in [9.17, 15) is 0 Å². The second-order valence-electron chi connectivity index (χ2n) is 9.41. The van der Waals surface area contributed by atoms with Gasteiger partial charge in [0.05, 0.1) is 12.4 Å². The van der Waals surface area contributed by atoms with E-state index in [0.29, 0.717) is 0 Å². The molecule has 5 aromatic rings. The number of nitrogens with zero attached hydrogens (tertiary/aromatic N) is 4. The van der Waals surface area contributed by atoms with Crippen molar-refractivity contribution >= 4 is 34.5 Å². The van der Waals surface area contributed by atoms with Crippen LogP contribution in [0.15, 0.2) is 116 Å². The lowest BCUT2D eigenvalue weighted by Crippen LogP contribution is -2.57. The molecular formula is C30H21BN4O2. The third-order valence-corrected chi connectivity index (χ3v) is 7.28. The first-order valence-corrected chi connectivity index (χ1v) is 12.3. The average Bonchev–Trinajstić information content (AvgIpc) is 3.66. The lowest BCUT2D eigenvalue weighted by atomic mass is 9.35. The maximum absolute atomic E-state index is 6.41. The number of fused-ring (bicyclic) bond motifs is 4. The Balaban J connectivity index is 1.23. The highest BCUT2D eigenvalue weighted by Crippen LogP contribution is 2.36. The molecule has 6 nitrogen and oxygen atoms in total. The van der Waals surface area contributed by atoms with Crippen molar-refractivity contribution in [1.82, 2.24) is 9.78 Å². The molecule has 8 rings (SSSR count). The normalized spacial score (nSPS) is 14.5. The highest BCUT2D eigenvalue weighted by molar-refractivity contribution is 6.98. The van der Waals surface area contributed by atoms with Crippen molar-refractivity contribution in [3.05, 3.63) is 116 Å². The Morgan fingerprint density at radius 3 is 2.00 bits per heavy atom. The molecule has 0 N–H and O–H groups in total. The molecule has 3 aliphatic rings. The number of aromatic nitrogens is 2. The van der Waals surface area contributed by atoms with Crippen LogP contribution in [0.3, 0.4) is 0 Å². The molecule has 37 heavy (non-hydrogen) atoms. The van der Waals surface area contributed by atoms with E-state index in [1.165, 1.54) is 5.69 Å². The van der Waals surface area contributed by atoms with E-state index in [1.54, 1.807) is 6.20 Å². The summed E-state index contributed by atoms with van der Waals surface area (Å²) < 4.78 is 14.7. The largest absolute Gasteiger partial charge is 0.458 e. The molecule has 0 saturated carbocycles. The summed E-state index contributed by atoms with van der Waals surface area (Å²) in [5.41, 5.74) is 6.60. The summed E-state index contributed by atoms with van der Waals surface area (Å²) in [4.78, 5) is 4.50. The van der Waals surface area contributed by atoms with Crippen molar-refractivity contribution in [2.75, 3.05) is 16.5 Å². The Bertz CT molecular complexity index is 1670. The summed E-state index contributed by atoms with van der Waals surface area (Å²) in [5, 5.41) is 4.44. The summed E-state index contributed by atoms with van der Waals surface area (Å²) >= 11 is 0. The van der Waals surface area contributed by atoms with Crippen LogP contribution in [0.2, 0.25) is 0 Å². The van der Waals surface area contributed by atoms with Gasteiger partial charge < -0.3 is 19.3 Å². The fourth-order valence-corrected chi connectivity index (χ4v) is 5.53. The molecule has 0 radical (unpaired) electrons. The van der Waals surface area contributed by atoms with Crippen molar-refractivity contribution < 1.29 is 9.47 Å². The molecular weight excluding hydrogens is 459 g/mol. The fraction of sp³-hybridized carbons (Fsp3) is 0.0333. The Hall–Kier alpha value is -4.91.